The van der Waals surface area contributed by atoms with Crippen LogP contribution < -0.4 is 4.74 Å². The van der Waals surface area contributed by atoms with E-state index < -0.39 is 11.7 Å². The number of halogens is 3. The molecular weight excluding hydrogens is 319 g/mol. The third kappa shape index (κ3) is 2.67. The van der Waals surface area contributed by atoms with Crippen molar-refractivity contribution in [3.63, 3.8) is 0 Å². The first-order valence-electron chi connectivity index (χ1n) is 7.04. The van der Waals surface area contributed by atoms with Crippen molar-refractivity contribution in [3.05, 3.63) is 53.9 Å². The zero-order valence-electron chi connectivity index (χ0n) is 12.6. The number of pyridine rings is 1. The lowest BCUT2D eigenvalue weighted by molar-refractivity contribution is -0.137. The molecule has 0 fully saturated rings. The van der Waals surface area contributed by atoms with Crippen molar-refractivity contribution >= 4 is 5.65 Å². The summed E-state index contributed by atoms with van der Waals surface area (Å²) >= 11 is 0. The molecule has 0 saturated carbocycles. The summed E-state index contributed by atoms with van der Waals surface area (Å²) in [5.74, 6) is 0.538. The van der Waals surface area contributed by atoms with Crippen molar-refractivity contribution < 1.29 is 17.9 Å². The number of para-hydroxylation sites is 1. The van der Waals surface area contributed by atoms with E-state index in [9.17, 15) is 13.2 Å². The first-order valence-corrected chi connectivity index (χ1v) is 7.04. The Balaban J connectivity index is 2.29. The average molecular weight is 331 g/mol. The lowest BCUT2D eigenvalue weighted by atomic mass is 10.1. The van der Waals surface area contributed by atoms with Gasteiger partial charge in [-0.1, -0.05) is 12.1 Å². The first kappa shape index (κ1) is 15.9. The molecule has 7 heteroatoms. The van der Waals surface area contributed by atoms with Crippen LogP contribution in [0, 0.1) is 11.3 Å². The molecule has 0 N–H and O–H groups in total. The summed E-state index contributed by atoms with van der Waals surface area (Å²) in [6.07, 6.45) is -3.57. The van der Waals surface area contributed by atoms with Crippen molar-refractivity contribution in [2.24, 2.45) is 0 Å². The van der Waals surface area contributed by atoms with Gasteiger partial charge in [0, 0.05) is 11.8 Å². The summed E-state index contributed by atoms with van der Waals surface area (Å²) in [7, 11) is 1.50. The predicted octanol–water partition coefficient (Wildman–Crippen LogP) is 4.09. The van der Waals surface area contributed by atoms with E-state index in [-0.39, 0.29) is 6.42 Å². The number of imidazole rings is 1. The minimum atomic E-state index is -4.47. The van der Waals surface area contributed by atoms with Crippen LogP contribution in [0.5, 0.6) is 5.75 Å². The molecule has 0 atom stereocenters. The molecule has 122 valence electrons. The topological polar surface area (TPSA) is 50.3 Å². The van der Waals surface area contributed by atoms with Crippen LogP contribution in [0.15, 0.2) is 42.6 Å². The number of fused-ring (bicyclic) bond motifs is 1. The van der Waals surface area contributed by atoms with Crippen LogP contribution in [0.3, 0.4) is 0 Å². The molecule has 3 rings (SSSR count). The molecule has 2 aromatic heterocycles. The van der Waals surface area contributed by atoms with Gasteiger partial charge in [0.15, 0.2) is 0 Å². The molecule has 2 heterocycles. The first-order chi connectivity index (χ1) is 11.5. The Hall–Kier alpha value is -3.01. The minimum Gasteiger partial charge on any atom is -0.496 e. The lowest BCUT2D eigenvalue weighted by Crippen LogP contribution is -2.07. The van der Waals surface area contributed by atoms with Crippen LogP contribution in [0.25, 0.3) is 16.9 Å². The van der Waals surface area contributed by atoms with Crippen molar-refractivity contribution in [3.8, 4) is 23.1 Å². The Morgan fingerprint density at radius 2 is 1.96 bits per heavy atom. The van der Waals surface area contributed by atoms with Gasteiger partial charge in [-0.3, -0.25) is 0 Å². The smallest absolute Gasteiger partial charge is 0.417 e. The van der Waals surface area contributed by atoms with E-state index >= 15 is 0 Å². The van der Waals surface area contributed by atoms with Crippen LogP contribution in [0.4, 0.5) is 13.2 Å². The summed E-state index contributed by atoms with van der Waals surface area (Å²) in [5.41, 5.74) is 1.01. The van der Waals surface area contributed by atoms with Gasteiger partial charge in [-0.15, -0.1) is 0 Å². The summed E-state index contributed by atoms with van der Waals surface area (Å²) in [6.45, 7) is 0. The molecular formula is C17H12F3N3O. The molecule has 4 nitrogen and oxygen atoms in total. The van der Waals surface area contributed by atoms with E-state index in [1.807, 2.05) is 6.07 Å². The summed E-state index contributed by atoms with van der Waals surface area (Å²) < 4.78 is 45.5. The highest BCUT2D eigenvalue weighted by atomic mass is 19.4. The van der Waals surface area contributed by atoms with E-state index in [1.54, 1.807) is 24.3 Å². The van der Waals surface area contributed by atoms with Crippen molar-refractivity contribution in [2.45, 2.75) is 12.6 Å². The number of alkyl halides is 3. The zero-order chi connectivity index (χ0) is 17.3. The van der Waals surface area contributed by atoms with Crippen LogP contribution in [0.1, 0.15) is 11.3 Å². The fourth-order valence-electron chi connectivity index (χ4n) is 2.56. The van der Waals surface area contributed by atoms with Gasteiger partial charge in [-0.25, -0.2) is 4.98 Å². The maximum atomic E-state index is 13.0. The maximum absolute atomic E-state index is 13.0. The molecule has 0 radical (unpaired) electrons. The Kier molecular flexibility index (Phi) is 3.89. The van der Waals surface area contributed by atoms with E-state index in [4.69, 9.17) is 10.00 Å². The molecule has 0 aliphatic heterocycles. The Morgan fingerprint density at radius 3 is 2.62 bits per heavy atom. The molecule has 24 heavy (non-hydrogen) atoms. The van der Waals surface area contributed by atoms with E-state index in [2.05, 4.69) is 4.98 Å². The standard InChI is InChI=1S/C17H12F3N3O/c1-24-14-5-3-2-4-12(14)16-13(8-9-21)23-10-11(17(18,19)20)6-7-15(23)22-16/h2-7,10H,8H2,1H3. The van der Waals surface area contributed by atoms with Gasteiger partial charge in [-0.2, -0.15) is 18.4 Å². The highest BCUT2D eigenvalue weighted by Crippen LogP contribution is 2.34. The van der Waals surface area contributed by atoms with Gasteiger partial charge < -0.3 is 9.14 Å². The fourth-order valence-corrected chi connectivity index (χ4v) is 2.56. The summed E-state index contributed by atoms with van der Waals surface area (Å²) in [4.78, 5) is 4.40. The van der Waals surface area contributed by atoms with Gasteiger partial charge in [0.25, 0.3) is 0 Å². The molecule has 0 bridgehead atoms. The Labute approximate surface area is 135 Å². The van der Waals surface area contributed by atoms with Gasteiger partial charge in [-0.05, 0) is 24.3 Å². The van der Waals surface area contributed by atoms with E-state index in [0.717, 1.165) is 12.3 Å². The zero-order valence-corrected chi connectivity index (χ0v) is 12.6. The molecule has 0 saturated heterocycles. The van der Waals surface area contributed by atoms with Crippen LogP contribution in [0.2, 0.25) is 0 Å². The normalized spacial score (nSPS) is 11.5. The fraction of sp³-hybridized carbons (Fsp3) is 0.176. The number of methoxy groups -OCH3 is 1. The van der Waals surface area contributed by atoms with Gasteiger partial charge >= 0.3 is 6.18 Å². The number of rotatable bonds is 3. The molecule has 0 spiro atoms. The average Bonchev–Trinajstić information content (AvgIpc) is 2.92. The molecule has 3 aromatic rings. The number of hydrogen-bond acceptors (Lipinski definition) is 3. The summed E-state index contributed by atoms with van der Waals surface area (Å²) in [5, 5.41) is 9.08. The highest BCUT2D eigenvalue weighted by molar-refractivity contribution is 5.72. The monoisotopic (exact) mass is 331 g/mol. The summed E-state index contributed by atoms with van der Waals surface area (Å²) in [6, 6.07) is 11.3. The third-order valence-corrected chi connectivity index (χ3v) is 3.65. The van der Waals surface area contributed by atoms with Crippen molar-refractivity contribution in [1.29, 1.82) is 5.26 Å². The van der Waals surface area contributed by atoms with Gasteiger partial charge in [0.2, 0.25) is 0 Å². The van der Waals surface area contributed by atoms with Crippen LogP contribution >= 0.6 is 0 Å². The number of ether oxygens (including phenoxy) is 1. The van der Waals surface area contributed by atoms with Crippen LogP contribution in [-0.2, 0) is 12.6 Å². The molecule has 0 aliphatic carbocycles. The largest absolute Gasteiger partial charge is 0.496 e. The second-order valence-electron chi connectivity index (χ2n) is 5.09. The predicted molar refractivity (Wildman–Crippen MR) is 81.5 cm³/mol. The quantitative estimate of drug-likeness (QED) is 0.726. The second-order valence-corrected chi connectivity index (χ2v) is 5.09. The Morgan fingerprint density at radius 1 is 1.21 bits per heavy atom. The van der Waals surface area contributed by atoms with Crippen molar-refractivity contribution in [2.75, 3.05) is 7.11 Å². The molecule has 1 aromatic carbocycles. The Bertz CT molecular complexity index is 938. The highest BCUT2D eigenvalue weighted by Gasteiger charge is 2.31. The van der Waals surface area contributed by atoms with Gasteiger partial charge in [0.1, 0.15) is 11.4 Å². The number of nitriles is 1. The van der Waals surface area contributed by atoms with Crippen molar-refractivity contribution in [1.82, 2.24) is 9.38 Å². The molecule has 0 amide bonds. The number of nitrogens with zero attached hydrogens (tertiary/aromatic N) is 3. The second kappa shape index (κ2) is 5.89. The van der Waals surface area contributed by atoms with Crippen LogP contribution in [-0.4, -0.2) is 16.5 Å². The molecule has 0 unspecified atom stereocenters. The van der Waals surface area contributed by atoms with E-state index in [1.165, 1.54) is 17.6 Å². The molecule has 0 aliphatic rings. The third-order valence-electron chi connectivity index (χ3n) is 3.65. The number of benzene rings is 1. The SMILES string of the molecule is COc1ccccc1-c1nc2ccc(C(F)(F)F)cn2c1CC#N. The minimum absolute atomic E-state index is 0.0736. The lowest BCUT2D eigenvalue weighted by Gasteiger charge is -2.08. The van der Waals surface area contributed by atoms with E-state index in [0.29, 0.717) is 28.3 Å². The van der Waals surface area contributed by atoms with Gasteiger partial charge in [0.05, 0.1) is 36.6 Å². The number of hydrogen-bond donors (Lipinski definition) is 0. The number of aromatic nitrogens is 2. The maximum Gasteiger partial charge on any atom is 0.417 e.